The molecule has 0 saturated carbocycles. The largest absolute Gasteiger partial charge is 0.514 e. The van der Waals surface area contributed by atoms with Gasteiger partial charge in [-0.25, -0.2) is 14.4 Å². The number of hydrogen-bond acceptors (Lipinski definition) is 12. The van der Waals surface area contributed by atoms with Crippen LogP contribution in [0.25, 0.3) is 0 Å². The highest BCUT2D eigenvalue weighted by atomic mass is 16.7. The van der Waals surface area contributed by atoms with E-state index < -0.39 is 95.7 Å². The molecule has 0 aromatic heterocycles. The first kappa shape index (κ1) is 55.2. The van der Waals surface area contributed by atoms with Crippen LogP contribution in [0.3, 0.4) is 0 Å². The lowest BCUT2D eigenvalue weighted by Crippen LogP contribution is -2.57. The summed E-state index contributed by atoms with van der Waals surface area (Å²) in [6, 6.07) is 8.63. The Balaban J connectivity index is 2.17. The third kappa shape index (κ3) is 22.6. The van der Waals surface area contributed by atoms with E-state index in [9.17, 15) is 43.5 Å². The first-order valence-corrected chi connectivity index (χ1v) is 21.5. The molecule has 0 radical (unpaired) electrons. The molecule has 0 spiro atoms. The van der Waals surface area contributed by atoms with Crippen LogP contribution in [0.2, 0.25) is 0 Å². The van der Waals surface area contributed by atoms with Crippen LogP contribution in [0.15, 0.2) is 59.6 Å². The second kappa shape index (κ2) is 26.1. The topological polar surface area (TPSA) is 321 Å². The van der Waals surface area contributed by atoms with Crippen molar-refractivity contribution in [2.45, 2.75) is 136 Å². The number of rotatable bonds is 23. The molecular formula is C45H67N9O12. The fraction of sp³-hybridized carbons (Fsp3) is 0.533. The van der Waals surface area contributed by atoms with E-state index in [1.54, 1.807) is 84.0 Å². The van der Waals surface area contributed by atoms with Crippen molar-refractivity contribution in [3.05, 3.63) is 65.7 Å². The number of aliphatic imine (C=N–C) groups is 1. The zero-order valence-electron chi connectivity index (χ0n) is 39.1. The van der Waals surface area contributed by atoms with Crippen LogP contribution < -0.4 is 48.1 Å². The van der Waals surface area contributed by atoms with Gasteiger partial charge in [-0.1, -0.05) is 56.3 Å². The van der Waals surface area contributed by atoms with E-state index in [2.05, 4.69) is 36.9 Å². The molecule has 21 heteroatoms. The smallest absolute Gasteiger partial charge is 0.480 e. The van der Waals surface area contributed by atoms with E-state index in [0.717, 1.165) is 0 Å². The Morgan fingerprint density at radius 1 is 0.652 bits per heavy atom. The minimum absolute atomic E-state index is 0.00887. The van der Waals surface area contributed by atoms with Crippen molar-refractivity contribution in [3.63, 3.8) is 0 Å². The number of amides is 6. The maximum atomic E-state index is 13.8. The van der Waals surface area contributed by atoms with E-state index >= 15 is 0 Å². The molecule has 2 aromatic carbocycles. The fourth-order valence-electron chi connectivity index (χ4n) is 5.97. The minimum Gasteiger partial charge on any atom is -0.480 e. The number of alkyl carbamates (subject to hydrolysis) is 1. The Kier molecular flexibility index (Phi) is 21.9. The standard InChI is InChI=1S/C45H67N9O12/c1-26(2)22-32(38(58)52-31(40(60)61)16-13-21-48-41(46)47)53-39(59)33(23-28-14-11-10-12-15-28)51-35(55)25-49-36(56)27(3)50-37(57)34(54-42(62)65-44(4,5)6)24-29-17-19-30(20-18-29)64-43(63)66-45(7,8)9/h10-12,14-15,17-20,26-27,31-34H,13,16,21-25H2,1-9H3,(H,49,56)(H,50,57)(H,51,55)(H,52,58)(H,53,59)(H,54,62)(H,60,61)(H4,46,47,48). The number of nitrogens with two attached hydrogens (primary N) is 2. The van der Waals surface area contributed by atoms with Crippen molar-refractivity contribution >= 4 is 53.7 Å². The average Bonchev–Trinajstić information content (AvgIpc) is 3.19. The number of carboxylic acid groups (broad SMARTS) is 1. The summed E-state index contributed by atoms with van der Waals surface area (Å²) in [5.41, 5.74) is 10.2. The third-order valence-electron chi connectivity index (χ3n) is 8.97. The Morgan fingerprint density at radius 2 is 1.18 bits per heavy atom. The number of carbonyl (C=O) groups is 8. The zero-order valence-corrected chi connectivity index (χ0v) is 39.1. The normalized spacial score (nSPS) is 13.5. The van der Waals surface area contributed by atoms with E-state index in [1.807, 2.05) is 13.8 Å². The predicted octanol–water partition coefficient (Wildman–Crippen LogP) is 1.94. The zero-order chi connectivity index (χ0) is 49.8. The summed E-state index contributed by atoms with van der Waals surface area (Å²) >= 11 is 0. The van der Waals surface area contributed by atoms with Gasteiger partial charge in [0, 0.05) is 19.4 Å². The highest BCUT2D eigenvalue weighted by Crippen LogP contribution is 2.17. The number of ether oxygens (including phenoxy) is 3. The Morgan fingerprint density at radius 3 is 1.73 bits per heavy atom. The summed E-state index contributed by atoms with van der Waals surface area (Å²) in [6.45, 7) is 14.5. The fourth-order valence-corrected chi connectivity index (χ4v) is 5.97. The van der Waals surface area contributed by atoms with Gasteiger partial charge in [0.2, 0.25) is 29.5 Å². The Bertz CT molecular complexity index is 1990. The molecule has 11 N–H and O–H groups in total. The van der Waals surface area contributed by atoms with Crippen LogP contribution in [0.4, 0.5) is 9.59 Å². The van der Waals surface area contributed by atoms with Gasteiger partial charge in [0.1, 0.15) is 47.2 Å². The number of nitrogens with zero attached hydrogens (tertiary/aromatic N) is 1. The van der Waals surface area contributed by atoms with Gasteiger partial charge < -0.3 is 62.7 Å². The van der Waals surface area contributed by atoms with Gasteiger partial charge in [-0.3, -0.25) is 29.0 Å². The van der Waals surface area contributed by atoms with Crippen molar-refractivity contribution in [1.29, 1.82) is 0 Å². The number of hydrogen-bond donors (Lipinski definition) is 9. The molecule has 5 atom stereocenters. The molecule has 5 unspecified atom stereocenters. The molecule has 66 heavy (non-hydrogen) atoms. The number of carboxylic acids is 1. The lowest BCUT2D eigenvalue weighted by Gasteiger charge is -2.26. The average molecular weight is 926 g/mol. The molecule has 21 nitrogen and oxygen atoms in total. The van der Waals surface area contributed by atoms with Crippen LogP contribution in [0, 0.1) is 5.92 Å². The molecule has 0 heterocycles. The quantitative estimate of drug-likeness (QED) is 0.0253. The summed E-state index contributed by atoms with van der Waals surface area (Å²) in [6.07, 6.45) is -1.49. The second-order valence-electron chi connectivity index (χ2n) is 17.9. The Labute approximate surface area is 385 Å². The van der Waals surface area contributed by atoms with E-state index in [-0.39, 0.29) is 56.3 Å². The number of carbonyl (C=O) groups excluding carboxylic acids is 7. The monoisotopic (exact) mass is 925 g/mol. The molecule has 0 bridgehead atoms. The van der Waals surface area contributed by atoms with Gasteiger partial charge in [-0.05, 0) is 96.9 Å². The minimum atomic E-state index is -1.30. The van der Waals surface area contributed by atoms with E-state index in [4.69, 9.17) is 25.7 Å². The lowest BCUT2D eigenvalue weighted by molar-refractivity contribution is -0.142. The summed E-state index contributed by atoms with van der Waals surface area (Å²) < 4.78 is 15.7. The second-order valence-corrected chi connectivity index (χ2v) is 17.9. The van der Waals surface area contributed by atoms with Crippen LogP contribution >= 0.6 is 0 Å². The van der Waals surface area contributed by atoms with Crippen molar-refractivity contribution < 1.29 is 57.7 Å². The number of benzene rings is 2. The van der Waals surface area contributed by atoms with Crippen LogP contribution in [0.1, 0.15) is 92.7 Å². The van der Waals surface area contributed by atoms with Gasteiger partial charge in [0.25, 0.3) is 0 Å². The van der Waals surface area contributed by atoms with Crippen molar-refractivity contribution in [3.8, 4) is 5.75 Å². The first-order chi connectivity index (χ1) is 30.7. The predicted molar refractivity (Wildman–Crippen MR) is 244 cm³/mol. The van der Waals surface area contributed by atoms with Crippen molar-refractivity contribution in [2.75, 3.05) is 13.1 Å². The molecular weight excluding hydrogens is 859 g/mol. The molecule has 0 aliphatic rings. The Hall–Kier alpha value is -6.93. The molecule has 0 aliphatic heterocycles. The maximum Gasteiger partial charge on any atom is 0.514 e. The first-order valence-electron chi connectivity index (χ1n) is 21.5. The SMILES string of the molecule is CC(C)CC(NC(=O)C(Cc1ccccc1)NC(=O)CNC(=O)C(C)NC(=O)C(Cc1ccc(OC(=O)OC(C)(C)C)cc1)NC(=O)OC(C)(C)C)C(=O)NC(CCCN=C(N)N)C(=O)O. The van der Waals surface area contributed by atoms with Crippen LogP contribution in [0.5, 0.6) is 5.75 Å². The van der Waals surface area contributed by atoms with Gasteiger partial charge in [-0.2, -0.15) is 0 Å². The maximum absolute atomic E-state index is 13.8. The van der Waals surface area contributed by atoms with Crippen LogP contribution in [-0.4, -0.2) is 113 Å². The number of aliphatic carboxylic acids is 1. The van der Waals surface area contributed by atoms with Gasteiger partial charge in [0.15, 0.2) is 5.96 Å². The van der Waals surface area contributed by atoms with E-state index in [0.29, 0.717) is 11.1 Å². The van der Waals surface area contributed by atoms with Gasteiger partial charge in [-0.15, -0.1) is 0 Å². The molecule has 2 rings (SSSR count). The summed E-state index contributed by atoms with van der Waals surface area (Å²) in [5.74, 6) is -5.19. The van der Waals surface area contributed by atoms with E-state index in [1.165, 1.54) is 19.1 Å². The highest BCUT2D eigenvalue weighted by molar-refractivity contribution is 5.95. The summed E-state index contributed by atoms with van der Waals surface area (Å²) in [4.78, 5) is 108. The highest BCUT2D eigenvalue weighted by Gasteiger charge is 2.31. The number of guanidine groups is 1. The lowest BCUT2D eigenvalue weighted by atomic mass is 10.0. The van der Waals surface area contributed by atoms with Crippen LogP contribution in [-0.2, 0) is 51.1 Å². The molecule has 0 saturated heterocycles. The molecule has 364 valence electrons. The summed E-state index contributed by atoms with van der Waals surface area (Å²) in [7, 11) is 0. The van der Waals surface area contributed by atoms with Crippen molar-refractivity contribution in [2.24, 2.45) is 22.4 Å². The van der Waals surface area contributed by atoms with Gasteiger partial charge >= 0.3 is 18.2 Å². The van der Waals surface area contributed by atoms with Crippen molar-refractivity contribution in [1.82, 2.24) is 31.9 Å². The molecule has 2 aromatic rings. The molecule has 0 aliphatic carbocycles. The molecule has 0 fully saturated rings. The molecule has 6 amide bonds. The van der Waals surface area contributed by atoms with Gasteiger partial charge in [0.05, 0.1) is 6.54 Å². The third-order valence-corrected chi connectivity index (χ3v) is 8.97. The summed E-state index contributed by atoms with van der Waals surface area (Å²) in [5, 5.41) is 25.0. The number of nitrogens with one attached hydrogen (secondary N) is 6.